The van der Waals surface area contributed by atoms with E-state index >= 15 is 4.39 Å². The summed E-state index contributed by atoms with van der Waals surface area (Å²) in [5.74, 6) is -1.11. The Morgan fingerprint density at radius 1 is 1.07 bits per heavy atom. The Morgan fingerprint density at radius 3 is 2.55 bits per heavy atom. The largest absolute Gasteiger partial charge is 0.497 e. The van der Waals surface area contributed by atoms with Crippen LogP contribution in [0, 0.1) is 17.0 Å². The lowest BCUT2D eigenvalue weighted by Gasteiger charge is -2.38. The monoisotopic (exact) mass is 545 g/mol. The molecule has 1 amide bonds. The van der Waals surface area contributed by atoms with Crippen molar-refractivity contribution in [3.63, 3.8) is 0 Å². The minimum atomic E-state index is -0.914. The summed E-state index contributed by atoms with van der Waals surface area (Å²) in [6.45, 7) is 4.31. The van der Waals surface area contributed by atoms with Crippen molar-refractivity contribution in [2.45, 2.75) is 39.2 Å². The molecule has 208 valence electrons. The number of para-hydroxylation sites is 2. The highest BCUT2D eigenvalue weighted by molar-refractivity contribution is 6.01. The number of ether oxygens (including phenoxy) is 1. The van der Waals surface area contributed by atoms with E-state index in [-0.39, 0.29) is 35.6 Å². The molecule has 40 heavy (non-hydrogen) atoms. The van der Waals surface area contributed by atoms with Gasteiger partial charge in [-0.3, -0.25) is 9.59 Å². The van der Waals surface area contributed by atoms with Crippen molar-refractivity contribution in [2.24, 2.45) is 5.41 Å². The highest BCUT2D eigenvalue weighted by Crippen LogP contribution is 2.48. The molecule has 1 heterocycles. The number of hydrogen-bond acceptors (Lipinski definition) is 5. The van der Waals surface area contributed by atoms with Crippen LogP contribution in [-0.4, -0.2) is 31.9 Å². The second-order valence-corrected chi connectivity index (χ2v) is 11.1. The van der Waals surface area contributed by atoms with Crippen molar-refractivity contribution in [3.05, 3.63) is 101 Å². The van der Waals surface area contributed by atoms with Gasteiger partial charge in [-0.1, -0.05) is 44.2 Å². The average molecular weight is 546 g/mol. The van der Waals surface area contributed by atoms with Gasteiger partial charge in [0.1, 0.15) is 17.4 Å². The molecule has 5 rings (SSSR count). The van der Waals surface area contributed by atoms with E-state index in [1.807, 2.05) is 62.4 Å². The van der Waals surface area contributed by atoms with Gasteiger partial charge in [-0.15, -0.1) is 0 Å². The summed E-state index contributed by atoms with van der Waals surface area (Å²) >= 11 is 0. The van der Waals surface area contributed by atoms with E-state index in [0.717, 1.165) is 23.1 Å². The molecule has 0 saturated carbocycles. The molecule has 2 N–H and O–H groups in total. The molecular weight excluding hydrogens is 512 g/mol. The predicted octanol–water partition coefficient (Wildman–Crippen LogP) is 5.95. The molecule has 2 aliphatic rings. The third kappa shape index (κ3) is 5.71. The molecule has 3 aromatic rings. The zero-order valence-corrected chi connectivity index (χ0v) is 22.9. The maximum absolute atomic E-state index is 15.4. The summed E-state index contributed by atoms with van der Waals surface area (Å²) in [5, 5.41) is 6.40. The molecule has 1 atom stereocenters. The zero-order valence-electron chi connectivity index (χ0n) is 22.9. The van der Waals surface area contributed by atoms with Crippen LogP contribution in [-0.2, 0) is 16.0 Å². The first-order valence-electron chi connectivity index (χ1n) is 13.4. The minimum absolute atomic E-state index is 0.120. The summed E-state index contributed by atoms with van der Waals surface area (Å²) in [6, 6.07) is 17.5. The van der Waals surface area contributed by atoms with Gasteiger partial charge >= 0.3 is 0 Å². The van der Waals surface area contributed by atoms with Crippen LogP contribution in [0.2, 0.25) is 0 Å². The topological polar surface area (TPSA) is 70.7 Å². The van der Waals surface area contributed by atoms with Gasteiger partial charge in [-0.05, 0) is 54.2 Å². The maximum Gasteiger partial charge on any atom is 0.239 e. The first kappa shape index (κ1) is 27.4. The Morgan fingerprint density at radius 2 is 1.82 bits per heavy atom. The van der Waals surface area contributed by atoms with Gasteiger partial charge in [0.25, 0.3) is 0 Å². The quantitative estimate of drug-likeness (QED) is 0.384. The number of amides is 1. The van der Waals surface area contributed by atoms with Gasteiger partial charge in [0.15, 0.2) is 5.78 Å². The van der Waals surface area contributed by atoms with Gasteiger partial charge in [0.05, 0.1) is 31.1 Å². The highest BCUT2D eigenvalue weighted by Gasteiger charge is 2.42. The lowest BCUT2D eigenvalue weighted by Crippen LogP contribution is -2.42. The van der Waals surface area contributed by atoms with Gasteiger partial charge in [-0.2, -0.15) is 0 Å². The Bertz CT molecular complexity index is 1470. The van der Waals surface area contributed by atoms with E-state index < -0.39 is 17.7 Å². The summed E-state index contributed by atoms with van der Waals surface area (Å²) < 4.78 is 34.6. The number of Topliss-reactive ketones (excluding diaryl/α,β-unsaturated/α-hetero) is 1. The molecule has 0 aromatic heterocycles. The molecule has 0 radical (unpaired) electrons. The number of nitrogens with zero attached hydrogens (tertiary/aromatic N) is 1. The first-order chi connectivity index (χ1) is 19.1. The van der Waals surface area contributed by atoms with E-state index in [1.54, 1.807) is 12.0 Å². The number of methoxy groups -OCH3 is 1. The number of carbonyl (C=O) groups excluding carboxylic acids is 2. The van der Waals surface area contributed by atoms with Crippen LogP contribution in [0.25, 0.3) is 0 Å². The van der Waals surface area contributed by atoms with Gasteiger partial charge in [0, 0.05) is 35.9 Å². The fourth-order valence-electron chi connectivity index (χ4n) is 5.62. The van der Waals surface area contributed by atoms with Crippen LogP contribution in [0.5, 0.6) is 5.75 Å². The van der Waals surface area contributed by atoms with Gasteiger partial charge in [0.2, 0.25) is 5.91 Å². The minimum Gasteiger partial charge on any atom is -0.497 e. The summed E-state index contributed by atoms with van der Waals surface area (Å²) in [5.41, 5.74) is 3.38. The number of nitrogens with one attached hydrogen (secondary N) is 2. The number of ketones is 1. The number of fused-ring (bicyclic) bond motifs is 1. The van der Waals surface area contributed by atoms with Gasteiger partial charge < -0.3 is 20.3 Å². The van der Waals surface area contributed by atoms with Crippen molar-refractivity contribution in [3.8, 4) is 5.75 Å². The van der Waals surface area contributed by atoms with Crippen molar-refractivity contribution in [2.75, 3.05) is 30.4 Å². The summed E-state index contributed by atoms with van der Waals surface area (Å²) in [7, 11) is 1.61. The SMILES string of the molecule is COc1ccc(CCNC(=O)CN2c3ccccc3NC3=C(C(=O)CC(C)(C)C3)C2c2ccc(F)cc2F)cc1. The van der Waals surface area contributed by atoms with Crippen LogP contribution in [0.4, 0.5) is 20.2 Å². The van der Waals surface area contributed by atoms with Crippen molar-refractivity contribution < 1.29 is 23.1 Å². The molecule has 1 aliphatic heterocycles. The molecule has 1 aliphatic carbocycles. The van der Waals surface area contributed by atoms with E-state index in [2.05, 4.69) is 10.6 Å². The summed E-state index contributed by atoms with van der Waals surface area (Å²) in [4.78, 5) is 28.8. The van der Waals surface area contributed by atoms with Crippen LogP contribution in [0.3, 0.4) is 0 Å². The van der Waals surface area contributed by atoms with E-state index in [9.17, 15) is 14.0 Å². The van der Waals surface area contributed by atoms with E-state index in [0.29, 0.717) is 36.3 Å². The number of hydrogen-bond donors (Lipinski definition) is 2. The highest BCUT2D eigenvalue weighted by atomic mass is 19.1. The second-order valence-electron chi connectivity index (χ2n) is 11.1. The van der Waals surface area contributed by atoms with Crippen molar-refractivity contribution >= 4 is 23.1 Å². The Labute approximate surface area is 233 Å². The molecule has 8 heteroatoms. The first-order valence-corrected chi connectivity index (χ1v) is 13.4. The molecular formula is C32H33F2N3O3. The second kappa shape index (κ2) is 11.1. The number of rotatable bonds is 7. The lowest BCUT2D eigenvalue weighted by atomic mass is 9.73. The third-order valence-corrected chi connectivity index (χ3v) is 7.47. The maximum atomic E-state index is 15.4. The molecule has 1 unspecified atom stereocenters. The van der Waals surface area contributed by atoms with Gasteiger partial charge in [-0.25, -0.2) is 8.78 Å². The fraction of sp³-hybridized carbons (Fsp3) is 0.312. The van der Waals surface area contributed by atoms with Crippen LogP contribution in [0.15, 0.2) is 78.0 Å². The fourth-order valence-corrected chi connectivity index (χ4v) is 5.62. The average Bonchev–Trinajstić information content (AvgIpc) is 3.03. The van der Waals surface area contributed by atoms with Crippen molar-refractivity contribution in [1.29, 1.82) is 0 Å². The Hall–Kier alpha value is -4.20. The summed E-state index contributed by atoms with van der Waals surface area (Å²) in [6.07, 6.45) is 1.47. The van der Waals surface area contributed by atoms with Crippen molar-refractivity contribution in [1.82, 2.24) is 5.32 Å². The van der Waals surface area contributed by atoms with E-state index in [1.165, 1.54) is 12.1 Å². The molecule has 0 fully saturated rings. The molecule has 0 spiro atoms. The molecule has 3 aromatic carbocycles. The zero-order chi connectivity index (χ0) is 28.4. The van der Waals surface area contributed by atoms with Crippen LogP contribution in [0.1, 0.15) is 43.9 Å². The standard InChI is InChI=1S/C32H33F2N3O3/c1-32(2)17-26-30(28(38)18-32)31(23-13-10-21(33)16-24(23)34)37(27-7-5-4-6-25(27)36-26)19-29(39)35-15-14-20-8-11-22(40-3)12-9-20/h4-13,16,31,36H,14-15,17-19H2,1-3H3,(H,35,39). The van der Waals surface area contributed by atoms with Crippen LogP contribution >= 0.6 is 0 Å². The molecule has 6 nitrogen and oxygen atoms in total. The van der Waals surface area contributed by atoms with Crippen LogP contribution < -0.4 is 20.3 Å². The third-order valence-electron chi connectivity index (χ3n) is 7.47. The number of benzene rings is 3. The number of halogens is 2. The molecule has 0 saturated heterocycles. The lowest BCUT2D eigenvalue weighted by molar-refractivity contribution is -0.120. The number of carbonyl (C=O) groups is 2. The predicted molar refractivity (Wildman–Crippen MR) is 151 cm³/mol. The normalized spacial score (nSPS) is 17.9. The smallest absolute Gasteiger partial charge is 0.239 e. The Balaban J connectivity index is 1.50. The Kier molecular flexibility index (Phi) is 7.61. The molecule has 0 bridgehead atoms. The van der Waals surface area contributed by atoms with E-state index in [4.69, 9.17) is 4.74 Å². The number of allylic oxidation sites excluding steroid dienone is 1. The number of anilines is 2.